The monoisotopic (exact) mass is 241 g/mol. The highest BCUT2D eigenvalue weighted by Crippen LogP contribution is 2.24. The molecular weight excluding hydrogens is 230 g/mol. The van der Waals surface area contributed by atoms with Gasteiger partial charge in [0.15, 0.2) is 0 Å². The zero-order valence-electron chi connectivity index (χ0n) is 8.83. The molecule has 0 spiro atoms. The van der Waals surface area contributed by atoms with Gasteiger partial charge in [0, 0.05) is 13.1 Å². The van der Waals surface area contributed by atoms with E-state index in [1.807, 2.05) is 0 Å². The van der Waals surface area contributed by atoms with E-state index in [0.717, 1.165) is 13.1 Å². The molecule has 0 unspecified atom stereocenters. The van der Waals surface area contributed by atoms with Crippen LogP contribution in [0.1, 0.15) is 10.4 Å². The van der Waals surface area contributed by atoms with Crippen LogP contribution >= 0.6 is 11.6 Å². The molecule has 1 saturated heterocycles. The molecule has 16 heavy (non-hydrogen) atoms. The number of methoxy groups -OCH3 is 1. The molecule has 0 bridgehead atoms. The van der Waals surface area contributed by atoms with Gasteiger partial charge in [0.25, 0.3) is 0 Å². The molecule has 5 heteroatoms. The van der Waals surface area contributed by atoms with E-state index in [-0.39, 0.29) is 6.10 Å². The fraction of sp³-hybridized carbons (Fsp3) is 0.364. The van der Waals surface area contributed by atoms with E-state index in [2.05, 4.69) is 10.1 Å². The van der Waals surface area contributed by atoms with E-state index in [4.69, 9.17) is 16.3 Å². The quantitative estimate of drug-likeness (QED) is 0.815. The first-order valence-corrected chi connectivity index (χ1v) is 5.33. The normalized spacial score (nSPS) is 15.4. The SMILES string of the molecule is COC(=O)c1ccc(OC2CNC2)cc1Cl. The second kappa shape index (κ2) is 4.72. The highest BCUT2D eigenvalue weighted by molar-refractivity contribution is 6.33. The summed E-state index contributed by atoms with van der Waals surface area (Å²) in [5.74, 6) is 0.228. The van der Waals surface area contributed by atoms with Gasteiger partial charge in [0.1, 0.15) is 11.9 Å². The zero-order valence-corrected chi connectivity index (χ0v) is 9.58. The Hall–Kier alpha value is -1.26. The van der Waals surface area contributed by atoms with Crippen LogP contribution in [0, 0.1) is 0 Å². The van der Waals surface area contributed by atoms with Gasteiger partial charge in [0.05, 0.1) is 17.7 Å². The highest BCUT2D eigenvalue weighted by Gasteiger charge is 2.19. The Labute approximate surface area is 98.5 Å². The molecule has 0 amide bonds. The first-order valence-electron chi connectivity index (χ1n) is 4.96. The van der Waals surface area contributed by atoms with Gasteiger partial charge in [-0.05, 0) is 18.2 Å². The lowest BCUT2D eigenvalue weighted by molar-refractivity contribution is 0.0601. The second-order valence-electron chi connectivity index (χ2n) is 3.53. The van der Waals surface area contributed by atoms with Gasteiger partial charge in [-0.15, -0.1) is 0 Å². The van der Waals surface area contributed by atoms with Crippen molar-refractivity contribution in [3.63, 3.8) is 0 Å². The molecule has 1 N–H and O–H groups in total. The number of halogens is 1. The third-order valence-corrected chi connectivity index (χ3v) is 2.71. The Morgan fingerprint density at radius 3 is 2.75 bits per heavy atom. The highest BCUT2D eigenvalue weighted by atomic mass is 35.5. The van der Waals surface area contributed by atoms with Crippen LogP contribution in [0.2, 0.25) is 5.02 Å². The van der Waals surface area contributed by atoms with Crippen molar-refractivity contribution in [1.82, 2.24) is 5.32 Å². The largest absolute Gasteiger partial charge is 0.488 e. The summed E-state index contributed by atoms with van der Waals surface area (Å²) in [5, 5.41) is 3.45. The van der Waals surface area contributed by atoms with Crippen molar-refractivity contribution in [3.8, 4) is 5.75 Å². The molecule has 2 rings (SSSR count). The smallest absolute Gasteiger partial charge is 0.339 e. The summed E-state index contributed by atoms with van der Waals surface area (Å²) in [5.41, 5.74) is 0.350. The summed E-state index contributed by atoms with van der Waals surface area (Å²) < 4.78 is 10.2. The molecule has 1 aliphatic heterocycles. The molecule has 0 radical (unpaired) electrons. The minimum atomic E-state index is -0.443. The van der Waals surface area contributed by atoms with Crippen molar-refractivity contribution in [2.24, 2.45) is 0 Å². The number of hydrogen-bond acceptors (Lipinski definition) is 4. The second-order valence-corrected chi connectivity index (χ2v) is 3.94. The third-order valence-electron chi connectivity index (χ3n) is 2.39. The van der Waals surface area contributed by atoms with E-state index >= 15 is 0 Å². The number of rotatable bonds is 3. The van der Waals surface area contributed by atoms with Crippen molar-refractivity contribution < 1.29 is 14.3 Å². The number of nitrogens with one attached hydrogen (secondary N) is 1. The molecule has 1 heterocycles. The average Bonchev–Trinajstić information content (AvgIpc) is 2.23. The molecular formula is C11H12ClNO3. The first-order chi connectivity index (χ1) is 7.70. The van der Waals surface area contributed by atoms with Crippen molar-refractivity contribution in [3.05, 3.63) is 28.8 Å². The number of carbonyl (C=O) groups is 1. The van der Waals surface area contributed by atoms with Crippen LogP contribution in [-0.4, -0.2) is 32.3 Å². The summed E-state index contributed by atoms with van der Waals surface area (Å²) in [6, 6.07) is 4.96. The number of benzene rings is 1. The lowest BCUT2D eigenvalue weighted by Gasteiger charge is -2.27. The zero-order chi connectivity index (χ0) is 11.5. The van der Waals surface area contributed by atoms with Gasteiger partial charge in [-0.3, -0.25) is 0 Å². The molecule has 1 aliphatic rings. The predicted octanol–water partition coefficient (Wildman–Crippen LogP) is 1.48. The van der Waals surface area contributed by atoms with E-state index in [0.29, 0.717) is 16.3 Å². The van der Waals surface area contributed by atoms with E-state index in [1.165, 1.54) is 7.11 Å². The van der Waals surface area contributed by atoms with E-state index in [1.54, 1.807) is 18.2 Å². The minimum absolute atomic E-state index is 0.194. The van der Waals surface area contributed by atoms with Crippen LogP contribution in [0.15, 0.2) is 18.2 Å². The number of esters is 1. The Balaban J connectivity index is 2.11. The summed E-state index contributed by atoms with van der Waals surface area (Å²) in [7, 11) is 1.32. The molecule has 0 saturated carbocycles. The summed E-state index contributed by atoms with van der Waals surface area (Å²) >= 11 is 5.95. The van der Waals surface area contributed by atoms with Crippen LogP contribution in [0.3, 0.4) is 0 Å². The van der Waals surface area contributed by atoms with Gasteiger partial charge in [-0.2, -0.15) is 0 Å². The lowest BCUT2D eigenvalue weighted by atomic mass is 10.2. The standard InChI is InChI=1S/C11H12ClNO3/c1-15-11(14)9-3-2-7(4-10(9)12)16-8-5-13-6-8/h2-4,8,13H,5-6H2,1H3. The van der Waals surface area contributed by atoms with Crippen molar-refractivity contribution in [2.45, 2.75) is 6.10 Å². The number of hydrogen-bond donors (Lipinski definition) is 1. The number of ether oxygens (including phenoxy) is 2. The summed E-state index contributed by atoms with van der Waals surface area (Å²) in [6.45, 7) is 1.69. The Kier molecular flexibility index (Phi) is 3.31. The van der Waals surface area contributed by atoms with E-state index < -0.39 is 5.97 Å². The van der Waals surface area contributed by atoms with E-state index in [9.17, 15) is 4.79 Å². The van der Waals surface area contributed by atoms with Crippen LogP contribution in [0.25, 0.3) is 0 Å². The van der Waals surface area contributed by atoms with Crippen molar-refractivity contribution in [1.29, 1.82) is 0 Å². The molecule has 0 atom stereocenters. The Morgan fingerprint density at radius 2 is 2.25 bits per heavy atom. The van der Waals surface area contributed by atoms with Crippen LogP contribution in [0.5, 0.6) is 5.75 Å². The molecule has 86 valence electrons. The third kappa shape index (κ3) is 2.28. The molecule has 0 aromatic heterocycles. The first kappa shape index (κ1) is 11.2. The fourth-order valence-corrected chi connectivity index (χ4v) is 1.63. The molecule has 1 fully saturated rings. The predicted molar refractivity (Wildman–Crippen MR) is 60.1 cm³/mol. The van der Waals surface area contributed by atoms with Crippen molar-refractivity contribution in [2.75, 3.05) is 20.2 Å². The van der Waals surface area contributed by atoms with Crippen LogP contribution in [-0.2, 0) is 4.74 Å². The van der Waals surface area contributed by atoms with Crippen LogP contribution < -0.4 is 10.1 Å². The maximum Gasteiger partial charge on any atom is 0.339 e. The van der Waals surface area contributed by atoms with Gasteiger partial charge >= 0.3 is 5.97 Å². The summed E-state index contributed by atoms with van der Waals surface area (Å²) in [4.78, 5) is 11.3. The summed E-state index contributed by atoms with van der Waals surface area (Å²) in [6.07, 6.45) is 0.194. The van der Waals surface area contributed by atoms with Gasteiger partial charge in [-0.1, -0.05) is 11.6 Å². The topological polar surface area (TPSA) is 47.6 Å². The average molecular weight is 242 g/mol. The van der Waals surface area contributed by atoms with Gasteiger partial charge < -0.3 is 14.8 Å². The molecule has 4 nitrogen and oxygen atoms in total. The van der Waals surface area contributed by atoms with Crippen molar-refractivity contribution >= 4 is 17.6 Å². The Bertz CT molecular complexity index is 404. The van der Waals surface area contributed by atoms with Gasteiger partial charge in [0.2, 0.25) is 0 Å². The molecule has 0 aliphatic carbocycles. The lowest BCUT2D eigenvalue weighted by Crippen LogP contribution is -2.50. The molecule has 1 aromatic rings. The molecule has 1 aromatic carbocycles. The maximum atomic E-state index is 11.3. The maximum absolute atomic E-state index is 11.3. The minimum Gasteiger partial charge on any atom is -0.488 e. The van der Waals surface area contributed by atoms with Gasteiger partial charge in [-0.25, -0.2) is 4.79 Å². The number of carbonyl (C=O) groups excluding carboxylic acids is 1. The van der Waals surface area contributed by atoms with Crippen LogP contribution in [0.4, 0.5) is 0 Å². The fourth-order valence-electron chi connectivity index (χ4n) is 1.38. The Morgan fingerprint density at radius 1 is 1.50 bits per heavy atom.